The first-order valence-corrected chi connectivity index (χ1v) is 8.73. The maximum absolute atomic E-state index is 4.48. The van der Waals surface area contributed by atoms with E-state index in [1.54, 1.807) is 12.5 Å². The van der Waals surface area contributed by atoms with Crippen molar-refractivity contribution in [3.05, 3.63) is 61.1 Å². The Hall–Kier alpha value is -3.22. The highest BCUT2D eigenvalue weighted by Gasteiger charge is 2.11. The molecule has 0 saturated heterocycles. The largest absolute Gasteiger partial charge is 0.368 e. The third-order valence-electron chi connectivity index (χ3n) is 4.28. The zero-order valence-electron chi connectivity index (χ0n) is 14.9. The summed E-state index contributed by atoms with van der Waals surface area (Å²) in [6.45, 7) is 5.88. The van der Waals surface area contributed by atoms with Gasteiger partial charge in [-0.3, -0.25) is 0 Å². The van der Waals surface area contributed by atoms with Crippen molar-refractivity contribution in [2.24, 2.45) is 0 Å². The van der Waals surface area contributed by atoms with Crippen molar-refractivity contribution in [3.8, 4) is 5.69 Å². The maximum atomic E-state index is 4.48. The van der Waals surface area contributed by atoms with Crippen LogP contribution in [0.1, 0.15) is 25.6 Å². The van der Waals surface area contributed by atoms with E-state index in [9.17, 15) is 0 Å². The fraction of sp³-hybridized carbons (Fsp3) is 0.263. The van der Waals surface area contributed by atoms with E-state index >= 15 is 0 Å². The Kier molecular flexibility index (Phi) is 4.35. The molecule has 3 aromatic heterocycles. The first-order chi connectivity index (χ1) is 12.7. The van der Waals surface area contributed by atoms with Crippen LogP contribution in [0.4, 0.5) is 5.82 Å². The van der Waals surface area contributed by atoms with Gasteiger partial charge in [-0.1, -0.05) is 32.0 Å². The summed E-state index contributed by atoms with van der Waals surface area (Å²) in [5.41, 5.74) is 1.77. The summed E-state index contributed by atoms with van der Waals surface area (Å²) >= 11 is 0. The number of para-hydroxylation sites is 1. The highest BCUT2D eigenvalue weighted by atomic mass is 15.3. The van der Waals surface area contributed by atoms with E-state index in [0.29, 0.717) is 5.92 Å². The molecule has 4 aromatic rings. The van der Waals surface area contributed by atoms with E-state index in [4.69, 9.17) is 0 Å². The lowest BCUT2D eigenvalue weighted by molar-refractivity contribution is 0.636. The van der Waals surface area contributed by atoms with Gasteiger partial charge < -0.3 is 9.88 Å². The molecule has 0 aliphatic heterocycles. The number of aromatic nitrogens is 6. The molecule has 7 nitrogen and oxygen atoms in total. The van der Waals surface area contributed by atoms with Gasteiger partial charge in [0.15, 0.2) is 5.65 Å². The zero-order chi connectivity index (χ0) is 17.9. The molecule has 7 heteroatoms. The monoisotopic (exact) mass is 347 g/mol. The van der Waals surface area contributed by atoms with Crippen molar-refractivity contribution in [3.63, 3.8) is 0 Å². The number of fused-ring (bicyclic) bond motifs is 1. The van der Waals surface area contributed by atoms with E-state index in [1.165, 1.54) is 0 Å². The molecule has 3 heterocycles. The fourth-order valence-electron chi connectivity index (χ4n) is 3.05. The number of nitrogens with one attached hydrogen (secondary N) is 1. The summed E-state index contributed by atoms with van der Waals surface area (Å²) in [7, 11) is 0. The lowest BCUT2D eigenvalue weighted by atomic mass is 10.2. The first kappa shape index (κ1) is 16.3. The Morgan fingerprint density at radius 3 is 2.73 bits per heavy atom. The molecular weight excluding hydrogens is 326 g/mol. The van der Waals surface area contributed by atoms with Crippen LogP contribution in [0.25, 0.3) is 16.7 Å². The van der Waals surface area contributed by atoms with Crippen LogP contribution in [-0.2, 0) is 6.54 Å². The minimum atomic E-state index is 0.403. The molecule has 0 radical (unpaired) electrons. The van der Waals surface area contributed by atoms with Gasteiger partial charge in [0.2, 0.25) is 0 Å². The molecule has 132 valence electrons. The van der Waals surface area contributed by atoms with Crippen molar-refractivity contribution >= 4 is 16.9 Å². The summed E-state index contributed by atoms with van der Waals surface area (Å²) in [5, 5.41) is 8.79. The Morgan fingerprint density at radius 2 is 1.92 bits per heavy atom. The second kappa shape index (κ2) is 6.95. The Balaban J connectivity index is 1.54. The van der Waals surface area contributed by atoms with Crippen molar-refractivity contribution in [1.82, 2.24) is 29.3 Å². The zero-order valence-corrected chi connectivity index (χ0v) is 14.9. The number of nitrogens with zero attached hydrogens (tertiary/aromatic N) is 6. The average molecular weight is 347 g/mol. The Bertz CT molecular complexity index is 1000. The Labute approximate surface area is 151 Å². The van der Waals surface area contributed by atoms with E-state index in [-0.39, 0.29) is 0 Å². The van der Waals surface area contributed by atoms with Gasteiger partial charge in [0.1, 0.15) is 18.0 Å². The molecule has 0 bridgehead atoms. The SMILES string of the molecule is CC(C)c1nccn1CCNc1ncnc2c1cnn2-c1ccccc1. The van der Waals surface area contributed by atoms with Crippen LogP contribution >= 0.6 is 0 Å². The average Bonchev–Trinajstić information content (AvgIpc) is 3.30. The molecular formula is C19H21N7. The van der Waals surface area contributed by atoms with E-state index in [1.807, 2.05) is 47.4 Å². The molecule has 4 rings (SSSR count). The van der Waals surface area contributed by atoms with E-state index < -0.39 is 0 Å². The van der Waals surface area contributed by atoms with E-state index in [2.05, 4.69) is 43.8 Å². The maximum Gasteiger partial charge on any atom is 0.168 e. The molecule has 0 saturated carbocycles. The van der Waals surface area contributed by atoms with Crippen LogP contribution < -0.4 is 5.32 Å². The molecule has 0 aliphatic rings. The van der Waals surface area contributed by atoms with Crippen molar-refractivity contribution in [2.45, 2.75) is 26.3 Å². The molecule has 0 atom stereocenters. The van der Waals surface area contributed by atoms with Crippen LogP contribution in [0, 0.1) is 0 Å². The molecule has 0 fully saturated rings. The van der Waals surface area contributed by atoms with Crippen LogP contribution in [0.5, 0.6) is 0 Å². The fourth-order valence-corrected chi connectivity index (χ4v) is 3.05. The molecule has 26 heavy (non-hydrogen) atoms. The standard InChI is InChI=1S/C19H21N7/c1-14(2)18-21-9-11-25(18)10-8-20-17-16-12-24-26(19(16)23-13-22-17)15-6-4-3-5-7-15/h3-7,9,11-14H,8,10H2,1-2H3,(H,20,22,23). The number of benzene rings is 1. The third-order valence-corrected chi connectivity index (χ3v) is 4.28. The number of hydrogen-bond acceptors (Lipinski definition) is 5. The van der Waals surface area contributed by atoms with Crippen LogP contribution in [0.15, 0.2) is 55.2 Å². The number of hydrogen-bond donors (Lipinski definition) is 1. The van der Waals surface area contributed by atoms with Gasteiger partial charge in [0, 0.05) is 31.4 Å². The van der Waals surface area contributed by atoms with Crippen LogP contribution in [0.3, 0.4) is 0 Å². The molecule has 0 amide bonds. The number of rotatable bonds is 6. The number of anilines is 1. The van der Waals surface area contributed by atoms with Crippen molar-refractivity contribution in [1.29, 1.82) is 0 Å². The van der Waals surface area contributed by atoms with Crippen LogP contribution in [0.2, 0.25) is 0 Å². The smallest absolute Gasteiger partial charge is 0.168 e. The van der Waals surface area contributed by atoms with Gasteiger partial charge in [0.25, 0.3) is 0 Å². The lowest BCUT2D eigenvalue weighted by Crippen LogP contribution is -2.14. The normalized spacial score (nSPS) is 11.3. The summed E-state index contributed by atoms with van der Waals surface area (Å²) in [6.07, 6.45) is 7.24. The van der Waals surface area contributed by atoms with Crippen LogP contribution in [-0.4, -0.2) is 35.8 Å². The quantitative estimate of drug-likeness (QED) is 0.579. The van der Waals surface area contributed by atoms with E-state index in [0.717, 1.165) is 41.5 Å². The summed E-state index contributed by atoms with van der Waals surface area (Å²) in [6, 6.07) is 9.97. The predicted molar refractivity (Wildman–Crippen MR) is 101 cm³/mol. The van der Waals surface area contributed by atoms with Gasteiger partial charge >= 0.3 is 0 Å². The van der Waals surface area contributed by atoms with Gasteiger partial charge in [-0.05, 0) is 12.1 Å². The molecule has 0 unspecified atom stereocenters. The second-order valence-corrected chi connectivity index (χ2v) is 6.41. The van der Waals surface area contributed by atoms with Gasteiger partial charge in [-0.15, -0.1) is 0 Å². The molecule has 0 spiro atoms. The number of imidazole rings is 1. The topological polar surface area (TPSA) is 73.5 Å². The highest BCUT2D eigenvalue weighted by Crippen LogP contribution is 2.21. The first-order valence-electron chi connectivity index (χ1n) is 8.73. The lowest BCUT2D eigenvalue weighted by Gasteiger charge is -2.11. The predicted octanol–water partition coefficient (Wildman–Crippen LogP) is 3.25. The van der Waals surface area contributed by atoms with Gasteiger partial charge in [-0.25, -0.2) is 19.6 Å². The minimum absolute atomic E-state index is 0.403. The van der Waals surface area contributed by atoms with Gasteiger partial charge in [0.05, 0.1) is 17.3 Å². The molecule has 1 N–H and O–H groups in total. The summed E-state index contributed by atoms with van der Waals surface area (Å²) in [5.74, 6) is 2.29. The summed E-state index contributed by atoms with van der Waals surface area (Å²) in [4.78, 5) is 13.2. The van der Waals surface area contributed by atoms with Crippen molar-refractivity contribution < 1.29 is 0 Å². The highest BCUT2D eigenvalue weighted by molar-refractivity contribution is 5.87. The summed E-state index contributed by atoms with van der Waals surface area (Å²) < 4.78 is 4.00. The van der Waals surface area contributed by atoms with Gasteiger partial charge in [-0.2, -0.15) is 5.10 Å². The molecule has 1 aromatic carbocycles. The molecule has 0 aliphatic carbocycles. The minimum Gasteiger partial charge on any atom is -0.368 e. The second-order valence-electron chi connectivity index (χ2n) is 6.41. The van der Waals surface area contributed by atoms with Crippen molar-refractivity contribution in [2.75, 3.05) is 11.9 Å². The Morgan fingerprint density at radius 1 is 1.08 bits per heavy atom. The third kappa shape index (κ3) is 3.03.